The number of hydrogen-bond acceptors (Lipinski definition) is 4. The minimum Gasteiger partial charge on any atom is -0.493 e. The molecule has 26 heavy (non-hydrogen) atoms. The van der Waals surface area contributed by atoms with Crippen molar-refractivity contribution in [2.75, 3.05) is 26.1 Å². The van der Waals surface area contributed by atoms with Gasteiger partial charge in [0, 0.05) is 18.7 Å². The van der Waals surface area contributed by atoms with Crippen molar-refractivity contribution in [3.05, 3.63) is 53.6 Å². The number of carbonyl (C=O) groups is 1. The van der Waals surface area contributed by atoms with E-state index in [1.165, 1.54) is 0 Å². The smallest absolute Gasteiger partial charge is 0.224 e. The highest BCUT2D eigenvalue weighted by Gasteiger charge is 2.09. The number of ether oxygens (including phenoxy) is 2. The number of para-hydroxylation sites is 1. The number of amides is 1. The number of anilines is 1. The SMILES string of the molecule is CCNCc1ccccc1NC(=O)CCc1ccc(OC)c(OC)c1.Cl. The Morgan fingerprint density at radius 2 is 1.77 bits per heavy atom. The highest BCUT2D eigenvalue weighted by atomic mass is 35.5. The number of nitrogens with one attached hydrogen (secondary N) is 2. The van der Waals surface area contributed by atoms with Crippen molar-refractivity contribution in [3.63, 3.8) is 0 Å². The Balaban J connectivity index is 0.00000338. The van der Waals surface area contributed by atoms with Crippen LogP contribution in [-0.4, -0.2) is 26.7 Å². The Labute approximate surface area is 161 Å². The third kappa shape index (κ3) is 6.24. The number of carbonyl (C=O) groups excluding carboxylic acids is 1. The van der Waals surface area contributed by atoms with Crippen molar-refractivity contribution in [1.29, 1.82) is 0 Å². The quantitative estimate of drug-likeness (QED) is 0.696. The van der Waals surface area contributed by atoms with E-state index >= 15 is 0 Å². The number of hydrogen-bond donors (Lipinski definition) is 2. The van der Waals surface area contributed by atoms with Gasteiger partial charge in [-0.1, -0.05) is 31.2 Å². The van der Waals surface area contributed by atoms with Gasteiger partial charge < -0.3 is 20.1 Å². The van der Waals surface area contributed by atoms with Crippen molar-refractivity contribution < 1.29 is 14.3 Å². The van der Waals surface area contributed by atoms with E-state index in [2.05, 4.69) is 17.6 Å². The molecular formula is C20H27ClN2O3. The Hall–Kier alpha value is -2.24. The van der Waals surface area contributed by atoms with Crippen LogP contribution in [-0.2, 0) is 17.8 Å². The molecule has 0 radical (unpaired) electrons. The summed E-state index contributed by atoms with van der Waals surface area (Å²) in [5.41, 5.74) is 2.98. The van der Waals surface area contributed by atoms with Crippen LogP contribution < -0.4 is 20.1 Å². The van der Waals surface area contributed by atoms with Crippen LogP contribution in [0.5, 0.6) is 11.5 Å². The maximum Gasteiger partial charge on any atom is 0.224 e. The van der Waals surface area contributed by atoms with Gasteiger partial charge in [-0.15, -0.1) is 12.4 Å². The molecule has 2 rings (SSSR count). The number of methoxy groups -OCH3 is 2. The van der Waals surface area contributed by atoms with Gasteiger partial charge >= 0.3 is 0 Å². The molecule has 0 heterocycles. The third-order valence-electron chi connectivity index (χ3n) is 3.95. The van der Waals surface area contributed by atoms with Crippen LogP contribution in [0.2, 0.25) is 0 Å². The summed E-state index contributed by atoms with van der Waals surface area (Å²) in [6.45, 7) is 3.69. The van der Waals surface area contributed by atoms with Crippen LogP contribution in [0, 0.1) is 0 Å². The number of rotatable bonds is 9. The molecule has 0 aliphatic rings. The normalized spacial score (nSPS) is 9.96. The van der Waals surface area contributed by atoms with E-state index in [9.17, 15) is 4.79 Å². The lowest BCUT2D eigenvalue weighted by atomic mass is 10.1. The van der Waals surface area contributed by atoms with E-state index in [-0.39, 0.29) is 18.3 Å². The van der Waals surface area contributed by atoms with Gasteiger partial charge in [-0.3, -0.25) is 4.79 Å². The number of benzene rings is 2. The summed E-state index contributed by atoms with van der Waals surface area (Å²) in [6, 6.07) is 13.6. The van der Waals surface area contributed by atoms with Gasteiger partial charge in [-0.25, -0.2) is 0 Å². The Bertz CT molecular complexity index is 707. The molecule has 0 aromatic heterocycles. The van der Waals surface area contributed by atoms with Crippen molar-refractivity contribution in [2.45, 2.75) is 26.3 Å². The molecule has 142 valence electrons. The van der Waals surface area contributed by atoms with Gasteiger partial charge in [0.25, 0.3) is 0 Å². The van der Waals surface area contributed by atoms with E-state index < -0.39 is 0 Å². The third-order valence-corrected chi connectivity index (χ3v) is 3.95. The van der Waals surface area contributed by atoms with E-state index in [0.717, 1.165) is 29.9 Å². The molecule has 0 atom stereocenters. The number of aryl methyl sites for hydroxylation is 1. The van der Waals surface area contributed by atoms with Gasteiger partial charge in [0.1, 0.15) is 0 Å². The second-order valence-electron chi connectivity index (χ2n) is 5.67. The fourth-order valence-corrected chi connectivity index (χ4v) is 2.56. The fourth-order valence-electron chi connectivity index (χ4n) is 2.56. The maximum atomic E-state index is 12.3. The molecule has 0 aliphatic carbocycles. The molecule has 5 nitrogen and oxygen atoms in total. The lowest BCUT2D eigenvalue weighted by Crippen LogP contribution is -2.17. The van der Waals surface area contributed by atoms with Crippen LogP contribution in [0.25, 0.3) is 0 Å². The first kappa shape index (κ1) is 21.8. The second-order valence-corrected chi connectivity index (χ2v) is 5.67. The van der Waals surface area contributed by atoms with E-state index in [1.807, 2.05) is 42.5 Å². The minimum atomic E-state index is -0.00117. The average molecular weight is 379 g/mol. The molecule has 2 aromatic carbocycles. The highest BCUT2D eigenvalue weighted by Crippen LogP contribution is 2.28. The monoisotopic (exact) mass is 378 g/mol. The molecule has 0 spiro atoms. The van der Waals surface area contributed by atoms with Gasteiger partial charge in [0.15, 0.2) is 11.5 Å². The molecule has 0 saturated heterocycles. The topological polar surface area (TPSA) is 59.6 Å². The summed E-state index contributed by atoms with van der Waals surface area (Å²) < 4.78 is 10.5. The molecule has 6 heteroatoms. The van der Waals surface area contributed by atoms with E-state index in [1.54, 1.807) is 14.2 Å². The largest absolute Gasteiger partial charge is 0.493 e. The molecular weight excluding hydrogens is 352 g/mol. The summed E-state index contributed by atoms with van der Waals surface area (Å²) in [6.07, 6.45) is 1.05. The predicted octanol–water partition coefficient (Wildman–Crippen LogP) is 3.81. The zero-order valence-electron chi connectivity index (χ0n) is 15.5. The summed E-state index contributed by atoms with van der Waals surface area (Å²) >= 11 is 0. The molecule has 2 N–H and O–H groups in total. The summed E-state index contributed by atoms with van der Waals surface area (Å²) in [7, 11) is 3.21. The Morgan fingerprint density at radius 1 is 1.04 bits per heavy atom. The summed E-state index contributed by atoms with van der Waals surface area (Å²) in [5, 5.41) is 6.29. The summed E-state index contributed by atoms with van der Waals surface area (Å²) in [4.78, 5) is 12.3. The van der Waals surface area contributed by atoms with Crippen LogP contribution >= 0.6 is 12.4 Å². The zero-order chi connectivity index (χ0) is 18.1. The van der Waals surface area contributed by atoms with Crippen molar-refractivity contribution in [1.82, 2.24) is 5.32 Å². The highest BCUT2D eigenvalue weighted by molar-refractivity contribution is 5.91. The van der Waals surface area contributed by atoms with Crippen molar-refractivity contribution in [3.8, 4) is 11.5 Å². The lowest BCUT2D eigenvalue weighted by Gasteiger charge is -2.12. The van der Waals surface area contributed by atoms with Crippen LogP contribution in [0.4, 0.5) is 5.69 Å². The first-order chi connectivity index (χ1) is 12.2. The van der Waals surface area contributed by atoms with Crippen LogP contribution in [0.3, 0.4) is 0 Å². The van der Waals surface area contributed by atoms with E-state index in [0.29, 0.717) is 24.3 Å². The molecule has 0 bridgehead atoms. The minimum absolute atomic E-state index is 0. The van der Waals surface area contributed by atoms with Gasteiger partial charge in [-0.05, 0) is 42.3 Å². The standard InChI is InChI=1S/C20H26N2O3.ClH/c1-4-21-14-16-7-5-6-8-17(16)22-20(23)12-10-15-9-11-18(24-2)19(13-15)25-3;/h5-9,11,13,21H,4,10,12,14H2,1-3H3,(H,22,23);1H. The first-order valence-corrected chi connectivity index (χ1v) is 8.47. The van der Waals surface area contributed by atoms with Crippen LogP contribution in [0.1, 0.15) is 24.5 Å². The lowest BCUT2D eigenvalue weighted by molar-refractivity contribution is -0.116. The molecule has 2 aromatic rings. The first-order valence-electron chi connectivity index (χ1n) is 8.47. The van der Waals surface area contributed by atoms with Crippen molar-refractivity contribution in [2.24, 2.45) is 0 Å². The fraction of sp³-hybridized carbons (Fsp3) is 0.350. The Kier molecular flexibility index (Phi) is 9.55. The predicted molar refractivity (Wildman–Crippen MR) is 108 cm³/mol. The molecule has 0 fully saturated rings. The second kappa shape index (κ2) is 11.4. The average Bonchev–Trinajstić information content (AvgIpc) is 2.65. The van der Waals surface area contributed by atoms with Gasteiger partial charge in [0.2, 0.25) is 5.91 Å². The molecule has 0 saturated carbocycles. The zero-order valence-corrected chi connectivity index (χ0v) is 16.3. The molecule has 1 amide bonds. The number of halogens is 1. The summed E-state index contributed by atoms with van der Waals surface area (Å²) in [5.74, 6) is 1.36. The van der Waals surface area contributed by atoms with Crippen LogP contribution in [0.15, 0.2) is 42.5 Å². The molecule has 0 aliphatic heterocycles. The van der Waals surface area contributed by atoms with Gasteiger partial charge in [0.05, 0.1) is 14.2 Å². The maximum absolute atomic E-state index is 12.3. The Morgan fingerprint density at radius 3 is 2.46 bits per heavy atom. The van der Waals surface area contributed by atoms with E-state index in [4.69, 9.17) is 9.47 Å². The van der Waals surface area contributed by atoms with Crippen molar-refractivity contribution >= 4 is 24.0 Å². The van der Waals surface area contributed by atoms with Gasteiger partial charge in [-0.2, -0.15) is 0 Å². The molecule has 0 unspecified atom stereocenters.